The number of benzene rings is 1. The molecule has 0 aliphatic heterocycles. The van der Waals surface area contributed by atoms with Crippen LogP contribution in [0.2, 0.25) is 0 Å². The molecule has 20 heavy (non-hydrogen) atoms. The number of nitrogens with one attached hydrogen (secondary N) is 1. The molecule has 0 bridgehead atoms. The molecule has 0 fully saturated rings. The van der Waals surface area contributed by atoms with Crippen molar-refractivity contribution >= 4 is 23.4 Å². The largest absolute Gasteiger partial charge is 0.573 e. The standard InChI is InChI=1S/C12H15F3N2O2S/c1-20-7-6-10(16)11(18)17-8-2-4-9(5-3-8)19-12(13,14)15/h2-5,10H,6-7,16H2,1H3,(H,17,18)/t10-/m0/s1. The molecule has 3 N–H and O–H groups in total. The van der Waals surface area contributed by atoms with Crippen molar-refractivity contribution in [2.75, 3.05) is 17.3 Å². The Labute approximate surface area is 118 Å². The van der Waals surface area contributed by atoms with Gasteiger partial charge in [0, 0.05) is 5.69 Å². The van der Waals surface area contributed by atoms with Crippen molar-refractivity contribution in [3.63, 3.8) is 0 Å². The third kappa shape index (κ3) is 6.16. The summed E-state index contributed by atoms with van der Waals surface area (Å²) in [5, 5.41) is 2.53. The topological polar surface area (TPSA) is 64.4 Å². The molecule has 0 aliphatic rings. The molecular weight excluding hydrogens is 293 g/mol. The molecule has 1 aromatic carbocycles. The molecule has 8 heteroatoms. The second kappa shape index (κ2) is 7.39. The number of nitrogens with two attached hydrogens (primary N) is 1. The summed E-state index contributed by atoms with van der Waals surface area (Å²) in [5.74, 6) is 0.0400. The summed E-state index contributed by atoms with van der Waals surface area (Å²) in [6.07, 6.45) is -2.29. The molecule has 0 aromatic heterocycles. The van der Waals surface area contributed by atoms with Crippen LogP contribution in [0.3, 0.4) is 0 Å². The number of halogens is 3. The van der Waals surface area contributed by atoms with Crippen LogP contribution in [0.25, 0.3) is 0 Å². The third-order valence-electron chi connectivity index (χ3n) is 2.33. The zero-order valence-corrected chi connectivity index (χ0v) is 11.6. The Morgan fingerprint density at radius 3 is 2.50 bits per heavy atom. The molecule has 112 valence electrons. The van der Waals surface area contributed by atoms with E-state index >= 15 is 0 Å². The van der Waals surface area contributed by atoms with Gasteiger partial charge < -0.3 is 15.8 Å². The van der Waals surface area contributed by atoms with E-state index in [0.29, 0.717) is 12.1 Å². The van der Waals surface area contributed by atoms with Crippen molar-refractivity contribution in [3.05, 3.63) is 24.3 Å². The van der Waals surface area contributed by atoms with E-state index in [1.54, 1.807) is 11.8 Å². The fourth-order valence-electron chi connectivity index (χ4n) is 1.35. The SMILES string of the molecule is CSCC[C@H](N)C(=O)Nc1ccc(OC(F)(F)F)cc1. The van der Waals surface area contributed by atoms with Crippen LogP contribution >= 0.6 is 11.8 Å². The van der Waals surface area contributed by atoms with Crippen LogP contribution in [0.5, 0.6) is 5.75 Å². The highest BCUT2D eigenvalue weighted by Crippen LogP contribution is 2.23. The molecular formula is C12H15F3N2O2S. The van der Waals surface area contributed by atoms with Gasteiger partial charge >= 0.3 is 6.36 Å². The summed E-state index contributed by atoms with van der Waals surface area (Å²) in [4.78, 5) is 11.7. The van der Waals surface area contributed by atoms with Crippen LogP contribution in [-0.2, 0) is 4.79 Å². The van der Waals surface area contributed by atoms with Crippen LogP contribution in [0.1, 0.15) is 6.42 Å². The number of rotatable bonds is 6. The lowest BCUT2D eigenvalue weighted by atomic mass is 10.2. The van der Waals surface area contributed by atoms with Gasteiger partial charge in [0.05, 0.1) is 6.04 Å². The number of thioether (sulfide) groups is 1. The molecule has 1 rings (SSSR count). The molecule has 0 spiro atoms. The summed E-state index contributed by atoms with van der Waals surface area (Å²) < 4.78 is 39.6. The molecule has 1 aromatic rings. The lowest BCUT2D eigenvalue weighted by Crippen LogP contribution is -2.36. The second-order valence-corrected chi connectivity index (χ2v) is 4.93. The lowest BCUT2D eigenvalue weighted by molar-refractivity contribution is -0.274. The molecule has 1 atom stereocenters. The van der Waals surface area contributed by atoms with Gasteiger partial charge in [-0.05, 0) is 42.7 Å². The van der Waals surface area contributed by atoms with Crippen LogP contribution in [0, 0.1) is 0 Å². The Bertz CT molecular complexity index is 437. The second-order valence-electron chi connectivity index (χ2n) is 3.95. The first-order valence-corrected chi connectivity index (χ1v) is 7.12. The summed E-state index contributed by atoms with van der Waals surface area (Å²) in [5.41, 5.74) is 6.03. The first-order valence-electron chi connectivity index (χ1n) is 5.73. The van der Waals surface area contributed by atoms with E-state index in [2.05, 4.69) is 10.1 Å². The van der Waals surface area contributed by atoms with E-state index < -0.39 is 12.4 Å². The van der Waals surface area contributed by atoms with E-state index in [0.717, 1.165) is 17.9 Å². The van der Waals surface area contributed by atoms with Gasteiger partial charge in [-0.2, -0.15) is 11.8 Å². The maximum absolute atomic E-state index is 12.0. The van der Waals surface area contributed by atoms with Crippen molar-refractivity contribution in [1.29, 1.82) is 0 Å². The quantitative estimate of drug-likeness (QED) is 0.848. The number of amides is 1. The van der Waals surface area contributed by atoms with E-state index in [9.17, 15) is 18.0 Å². The smallest absolute Gasteiger partial charge is 0.406 e. The number of hydrogen-bond acceptors (Lipinski definition) is 4. The zero-order valence-electron chi connectivity index (χ0n) is 10.7. The fraction of sp³-hybridized carbons (Fsp3) is 0.417. The highest BCUT2D eigenvalue weighted by Gasteiger charge is 2.30. The van der Waals surface area contributed by atoms with Crippen LogP contribution in [0.4, 0.5) is 18.9 Å². The average molecular weight is 308 g/mol. The predicted molar refractivity (Wildman–Crippen MR) is 72.7 cm³/mol. The molecule has 0 saturated carbocycles. The van der Waals surface area contributed by atoms with Gasteiger partial charge in [0.25, 0.3) is 0 Å². The van der Waals surface area contributed by atoms with Crippen molar-refractivity contribution in [2.24, 2.45) is 5.73 Å². The average Bonchev–Trinajstić information content (AvgIpc) is 2.36. The minimum atomic E-state index is -4.73. The number of alkyl halides is 3. The minimum absolute atomic E-state index is 0.345. The van der Waals surface area contributed by atoms with Crippen LogP contribution < -0.4 is 15.8 Å². The van der Waals surface area contributed by atoms with Crippen molar-refractivity contribution in [1.82, 2.24) is 0 Å². The number of ether oxygens (including phenoxy) is 1. The Morgan fingerprint density at radius 1 is 1.40 bits per heavy atom. The Hall–Kier alpha value is -1.41. The van der Waals surface area contributed by atoms with E-state index in [-0.39, 0.29) is 11.7 Å². The van der Waals surface area contributed by atoms with Gasteiger partial charge in [0.15, 0.2) is 0 Å². The van der Waals surface area contributed by atoms with Gasteiger partial charge in [-0.25, -0.2) is 0 Å². The molecule has 0 unspecified atom stereocenters. The predicted octanol–water partition coefficient (Wildman–Crippen LogP) is 2.60. The monoisotopic (exact) mass is 308 g/mol. The van der Waals surface area contributed by atoms with Gasteiger partial charge in [-0.15, -0.1) is 13.2 Å². The van der Waals surface area contributed by atoms with E-state index in [1.165, 1.54) is 12.1 Å². The van der Waals surface area contributed by atoms with Crippen molar-refractivity contribution in [3.8, 4) is 5.75 Å². The van der Waals surface area contributed by atoms with Gasteiger partial charge in [0.1, 0.15) is 5.75 Å². The summed E-state index contributed by atoms with van der Waals surface area (Å²) in [6.45, 7) is 0. The summed E-state index contributed by atoms with van der Waals surface area (Å²) in [6, 6.07) is 4.24. The number of anilines is 1. The fourth-order valence-corrected chi connectivity index (χ4v) is 1.84. The Kier molecular flexibility index (Phi) is 6.15. The maximum atomic E-state index is 12.0. The zero-order chi connectivity index (χ0) is 15.2. The molecule has 0 radical (unpaired) electrons. The maximum Gasteiger partial charge on any atom is 0.573 e. The molecule has 0 heterocycles. The molecule has 1 amide bonds. The normalized spacial score (nSPS) is 12.8. The first-order chi connectivity index (χ1) is 9.31. The van der Waals surface area contributed by atoms with Crippen LogP contribution in [-0.4, -0.2) is 30.3 Å². The van der Waals surface area contributed by atoms with E-state index in [4.69, 9.17) is 5.73 Å². The lowest BCUT2D eigenvalue weighted by Gasteiger charge is -2.12. The number of carbonyl (C=O) groups excluding carboxylic acids is 1. The summed E-state index contributed by atoms with van der Waals surface area (Å²) >= 11 is 1.58. The van der Waals surface area contributed by atoms with Crippen LogP contribution in [0.15, 0.2) is 24.3 Å². The Balaban J connectivity index is 2.55. The van der Waals surface area contributed by atoms with Gasteiger partial charge in [-0.3, -0.25) is 4.79 Å². The molecule has 0 saturated heterocycles. The highest BCUT2D eigenvalue weighted by atomic mass is 32.2. The van der Waals surface area contributed by atoms with Crippen molar-refractivity contribution < 1.29 is 22.7 Å². The number of carbonyl (C=O) groups is 1. The van der Waals surface area contributed by atoms with Crippen molar-refractivity contribution in [2.45, 2.75) is 18.8 Å². The number of hydrogen-bond donors (Lipinski definition) is 2. The van der Waals surface area contributed by atoms with Gasteiger partial charge in [0.2, 0.25) is 5.91 Å². The van der Waals surface area contributed by atoms with Gasteiger partial charge in [-0.1, -0.05) is 0 Å². The highest BCUT2D eigenvalue weighted by molar-refractivity contribution is 7.98. The Morgan fingerprint density at radius 2 is 2.00 bits per heavy atom. The molecule has 0 aliphatic carbocycles. The minimum Gasteiger partial charge on any atom is -0.406 e. The molecule has 4 nitrogen and oxygen atoms in total. The first kappa shape index (κ1) is 16.6. The third-order valence-corrected chi connectivity index (χ3v) is 2.97. The summed E-state index contributed by atoms with van der Waals surface area (Å²) in [7, 11) is 0. The van der Waals surface area contributed by atoms with E-state index in [1.807, 2.05) is 6.26 Å².